The van der Waals surface area contributed by atoms with Crippen LogP contribution in [0.5, 0.6) is 17.2 Å². The zero-order chi connectivity index (χ0) is 23.5. The lowest BCUT2D eigenvalue weighted by Crippen LogP contribution is -2.36. The van der Waals surface area contributed by atoms with Gasteiger partial charge in [0.1, 0.15) is 0 Å². The van der Waals surface area contributed by atoms with E-state index in [1.807, 2.05) is 20.8 Å². The molecule has 1 saturated heterocycles. The second-order valence-corrected chi connectivity index (χ2v) is 7.73. The number of nitrogens with zero attached hydrogens (tertiary/aromatic N) is 1. The van der Waals surface area contributed by atoms with Crippen molar-refractivity contribution in [3.63, 3.8) is 0 Å². The van der Waals surface area contributed by atoms with Crippen LogP contribution in [-0.2, 0) is 11.2 Å². The highest BCUT2D eigenvalue weighted by atomic mass is 16.5. The molecule has 0 radical (unpaired) electrons. The number of morpholine rings is 1. The van der Waals surface area contributed by atoms with Crippen molar-refractivity contribution in [2.75, 3.05) is 57.6 Å². The van der Waals surface area contributed by atoms with Gasteiger partial charge in [0.05, 0.1) is 33.0 Å². The zero-order valence-electron chi connectivity index (χ0n) is 20.0. The molecule has 0 atom stereocenters. The molecule has 1 aliphatic heterocycles. The second kappa shape index (κ2) is 12.9. The molecule has 0 spiro atoms. The van der Waals surface area contributed by atoms with Gasteiger partial charge in [0.25, 0.3) is 5.91 Å². The molecule has 1 N–H and O–H groups in total. The van der Waals surface area contributed by atoms with Crippen molar-refractivity contribution in [3.05, 3.63) is 47.5 Å². The van der Waals surface area contributed by atoms with Crippen LogP contribution in [0.4, 0.5) is 5.69 Å². The summed E-state index contributed by atoms with van der Waals surface area (Å²) in [6, 6.07) is 12.1. The van der Waals surface area contributed by atoms with Gasteiger partial charge in [-0.3, -0.25) is 4.79 Å². The summed E-state index contributed by atoms with van der Waals surface area (Å²) in [5.41, 5.74) is 3.00. The number of amides is 1. The number of carbonyl (C=O) groups is 1. The van der Waals surface area contributed by atoms with Crippen molar-refractivity contribution >= 4 is 11.6 Å². The zero-order valence-corrected chi connectivity index (χ0v) is 20.0. The first-order valence-electron chi connectivity index (χ1n) is 11.9. The molecule has 3 rings (SSSR count). The summed E-state index contributed by atoms with van der Waals surface area (Å²) in [6.07, 6.45) is 1.76. The van der Waals surface area contributed by atoms with Crippen LogP contribution in [0.1, 0.15) is 43.1 Å². The molecule has 1 heterocycles. The van der Waals surface area contributed by atoms with Gasteiger partial charge in [-0.05, 0) is 63.4 Å². The molecule has 180 valence electrons. The van der Waals surface area contributed by atoms with Gasteiger partial charge in [-0.1, -0.05) is 12.1 Å². The molecule has 2 aromatic carbocycles. The van der Waals surface area contributed by atoms with Crippen molar-refractivity contribution in [1.82, 2.24) is 5.32 Å². The molecule has 1 fully saturated rings. The van der Waals surface area contributed by atoms with E-state index in [-0.39, 0.29) is 5.91 Å². The first-order chi connectivity index (χ1) is 16.2. The third-order valence-electron chi connectivity index (χ3n) is 5.41. The lowest BCUT2D eigenvalue weighted by Gasteiger charge is -2.28. The summed E-state index contributed by atoms with van der Waals surface area (Å²) in [5.74, 6) is 1.44. The molecule has 0 aromatic heterocycles. The van der Waals surface area contributed by atoms with Crippen LogP contribution in [0.15, 0.2) is 36.4 Å². The Labute approximate surface area is 197 Å². The van der Waals surface area contributed by atoms with Crippen molar-refractivity contribution in [1.29, 1.82) is 0 Å². The van der Waals surface area contributed by atoms with Crippen LogP contribution in [0.25, 0.3) is 0 Å². The Kier molecular flexibility index (Phi) is 9.69. The molecular formula is C26H36N2O5. The predicted molar refractivity (Wildman–Crippen MR) is 130 cm³/mol. The van der Waals surface area contributed by atoms with Crippen molar-refractivity contribution in [2.45, 2.75) is 33.6 Å². The predicted octanol–water partition coefficient (Wildman–Crippen LogP) is 4.08. The fraction of sp³-hybridized carbons (Fsp3) is 0.500. The molecule has 7 heteroatoms. The van der Waals surface area contributed by atoms with E-state index in [1.54, 1.807) is 12.1 Å². The van der Waals surface area contributed by atoms with Crippen LogP contribution < -0.4 is 24.4 Å². The van der Waals surface area contributed by atoms with Gasteiger partial charge in [-0.15, -0.1) is 0 Å². The first-order valence-corrected chi connectivity index (χ1v) is 11.9. The summed E-state index contributed by atoms with van der Waals surface area (Å²) in [4.78, 5) is 15.1. The monoisotopic (exact) mass is 456 g/mol. The molecule has 7 nitrogen and oxygen atoms in total. The summed E-state index contributed by atoms with van der Waals surface area (Å²) in [5, 5.41) is 3.01. The Morgan fingerprint density at radius 3 is 2.12 bits per heavy atom. The Balaban J connectivity index is 1.54. The molecule has 1 aliphatic rings. The van der Waals surface area contributed by atoms with Crippen molar-refractivity contribution in [3.8, 4) is 17.2 Å². The van der Waals surface area contributed by atoms with E-state index in [0.29, 0.717) is 49.2 Å². The topological polar surface area (TPSA) is 69.3 Å². The number of anilines is 1. The van der Waals surface area contributed by atoms with Crippen LogP contribution in [-0.4, -0.2) is 58.6 Å². The largest absolute Gasteiger partial charge is 0.490 e. The maximum Gasteiger partial charge on any atom is 0.251 e. The minimum absolute atomic E-state index is 0.150. The van der Waals surface area contributed by atoms with E-state index in [0.717, 1.165) is 39.1 Å². The fourth-order valence-electron chi connectivity index (χ4n) is 3.81. The van der Waals surface area contributed by atoms with E-state index < -0.39 is 0 Å². The van der Waals surface area contributed by atoms with E-state index in [2.05, 4.69) is 34.5 Å². The van der Waals surface area contributed by atoms with Crippen molar-refractivity contribution in [2.24, 2.45) is 0 Å². The number of ether oxygens (including phenoxy) is 4. The highest BCUT2D eigenvalue weighted by Gasteiger charge is 2.18. The summed E-state index contributed by atoms with van der Waals surface area (Å²) in [6.45, 7) is 11.2. The van der Waals surface area contributed by atoms with Gasteiger partial charge in [-0.2, -0.15) is 0 Å². The SMILES string of the molecule is CCOc1cc(C(=O)NCCCc2ccc(N3CCOCC3)cc2)cc(OCC)c1OCC. The number of benzene rings is 2. The molecule has 0 bridgehead atoms. The highest BCUT2D eigenvalue weighted by molar-refractivity contribution is 5.95. The van der Waals surface area contributed by atoms with Gasteiger partial charge in [-0.25, -0.2) is 0 Å². The molecule has 1 amide bonds. The third-order valence-corrected chi connectivity index (χ3v) is 5.41. The molecule has 2 aromatic rings. The number of hydrogen-bond donors (Lipinski definition) is 1. The molecule has 33 heavy (non-hydrogen) atoms. The van der Waals surface area contributed by atoms with Gasteiger partial charge in [0.15, 0.2) is 11.5 Å². The van der Waals surface area contributed by atoms with Crippen LogP contribution in [0.2, 0.25) is 0 Å². The number of hydrogen-bond acceptors (Lipinski definition) is 6. The lowest BCUT2D eigenvalue weighted by atomic mass is 10.1. The molecular weight excluding hydrogens is 420 g/mol. The van der Waals surface area contributed by atoms with E-state index in [9.17, 15) is 4.79 Å². The number of aryl methyl sites for hydroxylation is 1. The van der Waals surface area contributed by atoms with E-state index in [1.165, 1.54) is 11.3 Å². The Bertz CT molecular complexity index is 852. The standard InChI is InChI=1S/C26H36N2O5/c1-4-31-23-18-21(19-24(32-5-2)25(23)33-6-3)26(29)27-13-7-8-20-9-11-22(12-10-20)28-14-16-30-17-15-28/h9-12,18-19H,4-8,13-17H2,1-3H3,(H,27,29). The van der Waals surface area contributed by atoms with Gasteiger partial charge < -0.3 is 29.2 Å². The average molecular weight is 457 g/mol. The smallest absolute Gasteiger partial charge is 0.251 e. The first kappa shape index (κ1) is 24.7. The van der Waals surface area contributed by atoms with Crippen LogP contribution in [0, 0.1) is 0 Å². The Morgan fingerprint density at radius 2 is 1.55 bits per heavy atom. The highest BCUT2D eigenvalue weighted by Crippen LogP contribution is 2.39. The second-order valence-electron chi connectivity index (χ2n) is 7.73. The molecule has 0 aliphatic carbocycles. The maximum absolute atomic E-state index is 12.8. The number of carbonyl (C=O) groups excluding carboxylic acids is 1. The Hall–Kier alpha value is -2.93. The summed E-state index contributed by atoms with van der Waals surface area (Å²) in [7, 11) is 0. The average Bonchev–Trinajstić information content (AvgIpc) is 2.84. The Morgan fingerprint density at radius 1 is 0.939 bits per heavy atom. The van der Waals surface area contributed by atoms with Crippen LogP contribution in [0.3, 0.4) is 0 Å². The number of rotatable bonds is 12. The normalized spacial score (nSPS) is 13.5. The maximum atomic E-state index is 12.8. The third kappa shape index (κ3) is 7.02. The van der Waals surface area contributed by atoms with Gasteiger partial charge in [0, 0.05) is 30.9 Å². The lowest BCUT2D eigenvalue weighted by molar-refractivity contribution is 0.0952. The molecule has 0 saturated carbocycles. The minimum atomic E-state index is -0.150. The summed E-state index contributed by atoms with van der Waals surface area (Å²) < 4.78 is 22.5. The fourth-order valence-corrected chi connectivity index (χ4v) is 3.81. The summed E-state index contributed by atoms with van der Waals surface area (Å²) >= 11 is 0. The molecule has 0 unspecified atom stereocenters. The van der Waals surface area contributed by atoms with Crippen molar-refractivity contribution < 1.29 is 23.7 Å². The van der Waals surface area contributed by atoms with E-state index >= 15 is 0 Å². The van der Waals surface area contributed by atoms with Crippen LogP contribution >= 0.6 is 0 Å². The quantitative estimate of drug-likeness (QED) is 0.486. The van der Waals surface area contributed by atoms with Gasteiger partial charge in [0.2, 0.25) is 5.75 Å². The number of nitrogens with one attached hydrogen (secondary N) is 1. The minimum Gasteiger partial charge on any atom is -0.490 e. The van der Waals surface area contributed by atoms with Gasteiger partial charge >= 0.3 is 0 Å². The van der Waals surface area contributed by atoms with E-state index in [4.69, 9.17) is 18.9 Å².